The Morgan fingerprint density at radius 3 is 1.58 bits per heavy atom. The van der Waals surface area contributed by atoms with Gasteiger partial charge in [-0.1, -0.05) is 144 Å². The highest BCUT2D eigenvalue weighted by Crippen LogP contribution is 2.14. The van der Waals surface area contributed by atoms with Crippen LogP contribution in [0.1, 0.15) is 155 Å². The molecule has 0 saturated heterocycles. The summed E-state index contributed by atoms with van der Waals surface area (Å²) in [5.74, 6) is -0.881. The van der Waals surface area contributed by atoms with E-state index in [4.69, 9.17) is 9.84 Å². The molecule has 0 aromatic rings. The summed E-state index contributed by atoms with van der Waals surface area (Å²) in [6.07, 6.45) is 51.8. The molecule has 0 fully saturated rings. The summed E-state index contributed by atoms with van der Waals surface area (Å²) < 4.78 is 5.82. The minimum atomic E-state index is -0.734. The highest BCUT2D eigenvalue weighted by Gasteiger charge is 2.11. The van der Waals surface area contributed by atoms with Crippen molar-refractivity contribution in [3.63, 3.8) is 0 Å². The number of allylic oxidation sites excluding steroid dienone is 13. The maximum Gasteiger partial charge on any atom is 0.306 e. The first kappa shape index (κ1) is 42.1. The van der Waals surface area contributed by atoms with E-state index in [-0.39, 0.29) is 18.5 Å². The topological polar surface area (TPSA) is 63.6 Å². The van der Waals surface area contributed by atoms with Crippen molar-refractivity contribution in [2.24, 2.45) is 0 Å². The number of aliphatic carboxylic acids is 1. The van der Waals surface area contributed by atoms with Crippen molar-refractivity contribution in [2.75, 3.05) is 0 Å². The van der Waals surface area contributed by atoms with Crippen molar-refractivity contribution in [3.8, 4) is 0 Å². The maximum atomic E-state index is 12.5. The monoisotopic (exact) mass is 622 g/mol. The molecule has 1 unspecified atom stereocenters. The number of carbonyl (C=O) groups is 2. The number of unbranched alkanes of at least 4 members (excludes halogenated alkanes) is 10. The molecule has 1 atom stereocenters. The second-order valence-electron chi connectivity index (χ2n) is 11.7. The van der Waals surface area contributed by atoms with E-state index >= 15 is 0 Å². The van der Waals surface area contributed by atoms with Gasteiger partial charge in [0.25, 0.3) is 0 Å². The Balaban J connectivity index is 4.21. The molecule has 0 amide bonds. The Morgan fingerprint density at radius 1 is 0.533 bits per heavy atom. The lowest BCUT2D eigenvalue weighted by Gasteiger charge is -2.14. The molecule has 0 aliphatic heterocycles. The molecule has 0 bridgehead atoms. The van der Waals surface area contributed by atoms with Gasteiger partial charge in [-0.15, -0.1) is 0 Å². The molecule has 0 aromatic carbocycles. The molecule has 0 rings (SSSR count). The number of rotatable bonds is 31. The van der Waals surface area contributed by atoms with Crippen molar-refractivity contribution in [1.29, 1.82) is 0 Å². The molecule has 4 nitrogen and oxygen atoms in total. The van der Waals surface area contributed by atoms with Gasteiger partial charge in [0.05, 0.1) is 0 Å². The Kier molecular flexibility index (Phi) is 33.3. The van der Waals surface area contributed by atoms with E-state index in [1.54, 1.807) is 0 Å². The fraction of sp³-hybridized carbons (Fsp3) is 0.610. The van der Waals surface area contributed by atoms with Gasteiger partial charge in [0.15, 0.2) is 0 Å². The van der Waals surface area contributed by atoms with Crippen LogP contribution in [-0.4, -0.2) is 23.1 Å². The van der Waals surface area contributed by atoms with Gasteiger partial charge in [0, 0.05) is 12.8 Å². The van der Waals surface area contributed by atoms with E-state index in [1.165, 1.54) is 44.9 Å². The molecule has 254 valence electrons. The van der Waals surface area contributed by atoms with E-state index in [1.807, 2.05) is 0 Å². The summed E-state index contributed by atoms with van der Waals surface area (Å²) in [5.41, 5.74) is 0. The third-order valence-corrected chi connectivity index (χ3v) is 7.35. The fourth-order valence-electron chi connectivity index (χ4n) is 4.71. The van der Waals surface area contributed by atoms with Crippen LogP contribution in [0.3, 0.4) is 0 Å². The van der Waals surface area contributed by atoms with E-state index in [0.29, 0.717) is 19.3 Å². The van der Waals surface area contributed by atoms with Crippen LogP contribution in [0.25, 0.3) is 0 Å². The van der Waals surface area contributed by atoms with Gasteiger partial charge < -0.3 is 9.84 Å². The summed E-state index contributed by atoms with van der Waals surface area (Å²) in [4.78, 5) is 23.2. The summed E-state index contributed by atoms with van der Waals surface area (Å²) >= 11 is 0. The number of hydrogen-bond donors (Lipinski definition) is 1. The van der Waals surface area contributed by atoms with Crippen LogP contribution in [-0.2, 0) is 14.3 Å². The first-order valence-electron chi connectivity index (χ1n) is 18.1. The van der Waals surface area contributed by atoms with Crippen molar-refractivity contribution >= 4 is 11.9 Å². The zero-order valence-electron chi connectivity index (χ0n) is 28.9. The van der Waals surface area contributed by atoms with Crippen LogP contribution >= 0.6 is 0 Å². The van der Waals surface area contributed by atoms with Gasteiger partial charge in [-0.3, -0.25) is 9.59 Å². The highest BCUT2D eigenvalue weighted by molar-refractivity contribution is 5.69. The van der Waals surface area contributed by atoms with E-state index in [0.717, 1.165) is 70.6 Å². The van der Waals surface area contributed by atoms with Gasteiger partial charge in [-0.25, -0.2) is 0 Å². The Labute approximate surface area is 277 Å². The quantitative estimate of drug-likeness (QED) is 0.0474. The summed E-state index contributed by atoms with van der Waals surface area (Å²) in [7, 11) is 0. The zero-order valence-corrected chi connectivity index (χ0v) is 28.9. The molecule has 0 aliphatic rings. The number of ether oxygens (including phenoxy) is 1. The standard InChI is InChI=1S/C41H66O4/c1-3-5-7-9-11-13-14-15-16-17-18-19-20-21-22-24-26-28-34-38-41(44)45-39(36-32-29-30-33-37-40(42)43)35-31-27-25-23-12-10-8-6-4-2/h5,7,11,13,15-16,18-19,21-22,26,28,31,35,39H,3-4,6,8-10,12,14,17,20,23-25,27,29-30,32-34,36-38H2,1-2H3,(H,42,43)/b7-5-,13-11-,16-15-,19-18-,22-21-,28-26-,35-31-. The second-order valence-corrected chi connectivity index (χ2v) is 11.7. The Hall–Kier alpha value is -2.88. The van der Waals surface area contributed by atoms with Crippen molar-refractivity contribution in [3.05, 3.63) is 85.1 Å². The van der Waals surface area contributed by atoms with Crippen molar-refractivity contribution < 1.29 is 19.4 Å². The SMILES string of the molecule is CC/C=C\C/C=C\C/C=C\C/C=C\C/C=C\C/C=C\CCC(=O)OC(/C=C\CCCCCCCCC)CCCCCCC(=O)O. The molecule has 45 heavy (non-hydrogen) atoms. The Bertz CT molecular complexity index is 887. The van der Waals surface area contributed by atoms with Crippen LogP contribution in [0, 0.1) is 0 Å². The van der Waals surface area contributed by atoms with Crippen LogP contribution in [0.2, 0.25) is 0 Å². The van der Waals surface area contributed by atoms with Crippen LogP contribution in [0.4, 0.5) is 0 Å². The molecular weight excluding hydrogens is 556 g/mol. The van der Waals surface area contributed by atoms with Crippen molar-refractivity contribution in [1.82, 2.24) is 0 Å². The first-order chi connectivity index (χ1) is 22.1. The average Bonchev–Trinajstić information content (AvgIpc) is 3.02. The van der Waals surface area contributed by atoms with Crippen LogP contribution < -0.4 is 0 Å². The van der Waals surface area contributed by atoms with Gasteiger partial charge in [0.1, 0.15) is 6.10 Å². The first-order valence-corrected chi connectivity index (χ1v) is 18.1. The van der Waals surface area contributed by atoms with E-state index in [2.05, 4.69) is 98.9 Å². The summed E-state index contributed by atoms with van der Waals surface area (Å²) in [5, 5.41) is 8.81. The number of carboxylic acids is 1. The fourth-order valence-corrected chi connectivity index (χ4v) is 4.71. The average molecular weight is 623 g/mol. The summed E-state index contributed by atoms with van der Waals surface area (Å²) in [6.45, 7) is 4.40. The van der Waals surface area contributed by atoms with Gasteiger partial charge in [0.2, 0.25) is 0 Å². The van der Waals surface area contributed by atoms with Crippen LogP contribution in [0.5, 0.6) is 0 Å². The van der Waals surface area contributed by atoms with Gasteiger partial charge >= 0.3 is 11.9 Å². The molecule has 0 saturated carbocycles. The van der Waals surface area contributed by atoms with Gasteiger partial charge in [-0.05, 0) is 83.1 Å². The minimum absolute atomic E-state index is 0.147. The number of carboxylic acid groups (broad SMARTS) is 1. The maximum absolute atomic E-state index is 12.5. The lowest BCUT2D eigenvalue weighted by Crippen LogP contribution is -2.16. The lowest BCUT2D eigenvalue weighted by atomic mass is 10.1. The van der Waals surface area contributed by atoms with Crippen LogP contribution in [0.15, 0.2) is 85.1 Å². The molecule has 0 spiro atoms. The smallest absolute Gasteiger partial charge is 0.306 e. The second kappa shape index (κ2) is 35.6. The molecule has 1 N–H and O–H groups in total. The normalized spacial score (nSPS) is 13.3. The molecule has 4 heteroatoms. The number of carbonyl (C=O) groups excluding carboxylic acids is 1. The Morgan fingerprint density at radius 2 is 1.02 bits per heavy atom. The lowest BCUT2D eigenvalue weighted by molar-refractivity contribution is -0.147. The van der Waals surface area contributed by atoms with E-state index < -0.39 is 5.97 Å². The molecule has 0 aliphatic carbocycles. The highest BCUT2D eigenvalue weighted by atomic mass is 16.5. The van der Waals surface area contributed by atoms with Crippen molar-refractivity contribution in [2.45, 2.75) is 161 Å². The summed E-state index contributed by atoms with van der Waals surface area (Å²) in [6, 6.07) is 0. The molecule has 0 radical (unpaired) electrons. The molecule has 0 heterocycles. The molecular formula is C41H66O4. The van der Waals surface area contributed by atoms with E-state index in [9.17, 15) is 9.59 Å². The third-order valence-electron chi connectivity index (χ3n) is 7.35. The third kappa shape index (κ3) is 35.5. The number of esters is 1. The predicted molar refractivity (Wildman–Crippen MR) is 194 cm³/mol. The number of hydrogen-bond acceptors (Lipinski definition) is 3. The zero-order chi connectivity index (χ0) is 32.9. The molecule has 0 aromatic heterocycles. The predicted octanol–water partition coefficient (Wildman–Crippen LogP) is 12.5. The van der Waals surface area contributed by atoms with Gasteiger partial charge in [-0.2, -0.15) is 0 Å². The minimum Gasteiger partial charge on any atom is -0.481 e. The largest absolute Gasteiger partial charge is 0.481 e.